The van der Waals surface area contributed by atoms with E-state index in [-0.39, 0.29) is 35.8 Å². The number of aromatic hydroxyl groups is 1. The van der Waals surface area contributed by atoms with Crippen molar-refractivity contribution in [3.05, 3.63) is 29.8 Å². The Morgan fingerprint density at radius 3 is 2.55 bits per heavy atom. The molecule has 1 atom stereocenters. The van der Waals surface area contributed by atoms with E-state index in [1.807, 2.05) is 4.90 Å². The minimum Gasteiger partial charge on any atom is -0.507 e. The number of rotatable bonds is 7. The van der Waals surface area contributed by atoms with Crippen molar-refractivity contribution in [1.82, 2.24) is 15.1 Å². The average Bonchev–Trinajstić information content (AvgIpc) is 3.54. The van der Waals surface area contributed by atoms with Crippen molar-refractivity contribution in [2.24, 2.45) is 11.8 Å². The van der Waals surface area contributed by atoms with Gasteiger partial charge in [-0.2, -0.15) is 0 Å². The molecule has 0 aromatic heterocycles. The third kappa shape index (κ3) is 5.48. The van der Waals surface area contributed by atoms with Crippen LogP contribution in [0.25, 0.3) is 0 Å². The molecule has 3 fully saturated rings. The van der Waals surface area contributed by atoms with Crippen LogP contribution in [0.2, 0.25) is 0 Å². The molecule has 29 heavy (non-hydrogen) atoms. The number of morpholine rings is 1. The van der Waals surface area contributed by atoms with Crippen LogP contribution in [0.1, 0.15) is 36.0 Å². The molecule has 3 aliphatic rings. The number of nitrogens with zero attached hydrogens (tertiary/aromatic N) is 2. The van der Waals surface area contributed by atoms with E-state index < -0.39 is 0 Å². The fourth-order valence-corrected chi connectivity index (χ4v) is 4.28. The van der Waals surface area contributed by atoms with E-state index in [0.717, 1.165) is 38.4 Å². The Bertz CT molecular complexity index is 729. The fourth-order valence-electron chi connectivity index (χ4n) is 4.28. The van der Waals surface area contributed by atoms with E-state index in [4.69, 9.17) is 4.74 Å². The van der Waals surface area contributed by atoms with Crippen LogP contribution < -0.4 is 5.32 Å². The molecule has 1 saturated carbocycles. The smallest absolute Gasteiger partial charge is 0.255 e. The number of amides is 2. The molecule has 7 nitrogen and oxygen atoms in total. The first-order chi connectivity index (χ1) is 14.1. The van der Waals surface area contributed by atoms with Crippen LogP contribution in [0.3, 0.4) is 0 Å². The third-order valence-corrected chi connectivity index (χ3v) is 6.26. The lowest BCUT2D eigenvalue weighted by atomic mass is 9.95. The summed E-state index contributed by atoms with van der Waals surface area (Å²) in [5.41, 5.74) is 0.245. The van der Waals surface area contributed by atoms with Gasteiger partial charge < -0.3 is 25.0 Å². The summed E-state index contributed by atoms with van der Waals surface area (Å²) >= 11 is 0. The molecule has 0 spiro atoms. The van der Waals surface area contributed by atoms with E-state index >= 15 is 0 Å². The number of nitrogens with one attached hydrogen (secondary N) is 1. The van der Waals surface area contributed by atoms with Gasteiger partial charge in [0.15, 0.2) is 0 Å². The lowest BCUT2D eigenvalue weighted by molar-refractivity contribution is -0.149. The second kappa shape index (κ2) is 9.13. The van der Waals surface area contributed by atoms with Crippen LogP contribution in [0.5, 0.6) is 5.75 Å². The number of phenols is 1. The molecule has 0 radical (unpaired) electrons. The summed E-state index contributed by atoms with van der Waals surface area (Å²) in [5, 5.41) is 12.6. The van der Waals surface area contributed by atoms with E-state index in [0.29, 0.717) is 19.0 Å². The quantitative estimate of drug-likeness (QED) is 0.723. The molecule has 2 saturated heterocycles. The van der Waals surface area contributed by atoms with Gasteiger partial charge in [-0.15, -0.1) is 0 Å². The summed E-state index contributed by atoms with van der Waals surface area (Å²) < 4.78 is 5.62. The van der Waals surface area contributed by atoms with Crippen LogP contribution in [0.4, 0.5) is 0 Å². The molecule has 2 heterocycles. The normalized spacial score (nSPS) is 23.9. The van der Waals surface area contributed by atoms with Crippen molar-refractivity contribution in [3.63, 3.8) is 0 Å². The zero-order chi connectivity index (χ0) is 20.2. The van der Waals surface area contributed by atoms with Gasteiger partial charge in [-0.1, -0.05) is 12.1 Å². The van der Waals surface area contributed by atoms with Gasteiger partial charge in [0.25, 0.3) is 5.91 Å². The molecule has 1 aromatic rings. The number of hydrogen-bond donors (Lipinski definition) is 2. The van der Waals surface area contributed by atoms with Gasteiger partial charge in [-0.05, 0) is 62.7 Å². The predicted octanol–water partition coefficient (Wildman–Crippen LogP) is 1.47. The van der Waals surface area contributed by atoms with Crippen molar-refractivity contribution < 1.29 is 19.4 Å². The standard InChI is InChI=1S/C22H31N3O4/c26-20-4-2-1-3-19(20)22(28)23-11-18-14-25(21(27)15-29-18)13-17-7-9-24(10-8-17)12-16-5-6-16/h1-4,16-18,26H,5-15H2,(H,23,28). The number of carbonyl (C=O) groups is 2. The summed E-state index contributed by atoms with van der Waals surface area (Å²) in [6, 6.07) is 6.46. The summed E-state index contributed by atoms with van der Waals surface area (Å²) in [5.74, 6) is 1.14. The molecule has 1 aliphatic carbocycles. The summed E-state index contributed by atoms with van der Waals surface area (Å²) in [7, 11) is 0. The Morgan fingerprint density at radius 2 is 1.83 bits per heavy atom. The fraction of sp³-hybridized carbons (Fsp3) is 0.636. The second-order valence-corrected chi connectivity index (χ2v) is 8.65. The number of piperidine rings is 1. The van der Waals surface area contributed by atoms with Crippen LogP contribution in [0.15, 0.2) is 24.3 Å². The maximum absolute atomic E-state index is 12.3. The molecule has 4 rings (SSSR count). The molecule has 1 aromatic carbocycles. The number of likely N-dealkylation sites (tertiary alicyclic amines) is 1. The second-order valence-electron chi connectivity index (χ2n) is 8.65. The van der Waals surface area contributed by atoms with Crippen LogP contribution in [-0.2, 0) is 9.53 Å². The highest BCUT2D eigenvalue weighted by Crippen LogP contribution is 2.31. The van der Waals surface area contributed by atoms with E-state index in [9.17, 15) is 14.7 Å². The van der Waals surface area contributed by atoms with Gasteiger partial charge in [-0.3, -0.25) is 9.59 Å². The number of hydrogen-bond acceptors (Lipinski definition) is 5. The SMILES string of the molecule is O=C(NCC1CN(CC2CCN(CC3CC3)CC2)C(=O)CO1)c1ccccc1O. The molecule has 1 unspecified atom stereocenters. The Hall–Kier alpha value is -2.12. The minimum absolute atomic E-state index is 0.0358. The van der Waals surface area contributed by atoms with Gasteiger partial charge >= 0.3 is 0 Å². The van der Waals surface area contributed by atoms with E-state index in [1.54, 1.807) is 18.2 Å². The zero-order valence-corrected chi connectivity index (χ0v) is 16.9. The van der Waals surface area contributed by atoms with Crippen molar-refractivity contribution in [3.8, 4) is 5.75 Å². The topological polar surface area (TPSA) is 82.1 Å². The Kier molecular flexibility index (Phi) is 6.35. The van der Waals surface area contributed by atoms with Crippen LogP contribution in [0, 0.1) is 11.8 Å². The number of para-hydroxylation sites is 1. The predicted molar refractivity (Wildman–Crippen MR) is 109 cm³/mol. The molecule has 7 heteroatoms. The van der Waals surface area contributed by atoms with Crippen LogP contribution >= 0.6 is 0 Å². The number of carbonyl (C=O) groups excluding carboxylic acids is 2. The molecule has 2 N–H and O–H groups in total. The Balaban J connectivity index is 1.22. The van der Waals surface area contributed by atoms with E-state index in [1.165, 1.54) is 25.5 Å². The summed E-state index contributed by atoms with van der Waals surface area (Å²) in [6.07, 6.45) is 4.85. The maximum atomic E-state index is 12.3. The van der Waals surface area contributed by atoms with Crippen molar-refractivity contribution >= 4 is 11.8 Å². The average molecular weight is 402 g/mol. The molecular weight excluding hydrogens is 370 g/mol. The van der Waals surface area contributed by atoms with Gasteiger partial charge in [0.2, 0.25) is 5.91 Å². The third-order valence-electron chi connectivity index (χ3n) is 6.26. The number of benzene rings is 1. The first-order valence-corrected chi connectivity index (χ1v) is 10.8. The maximum Gasteiger partial charge on any atom is 0.255 e. The molecule has 2 aliphatic heterocycles. The van der Waals surface area contributed by atoms with E-state index in [2.05, 4.69) is 10.2 Å². The monoisotopic (exact) mass is 401 g/mol. The Morgan fingerprint density at radius 1 is 1.10 bits per heavy atom. The Labute approximate surface area is 172 Å². The minimum atomic E-state index is -0.335. The summed E-state index contributed by atoms with van der Waals surface area (Å²) in [6.45, 7) is 5.20. The zero-order valence-electron chi connectivity index (χ0n) is 16.9. The van der Waals surface area contributed by atoms with Gasteiger partial charge in [0, 0.05) is 26.2 Å². The number of phenolic OH excluding ortho intramolecular Hbond substituents is 1. The molecule has 158 valence electrons. The van der Waals surface area contributed by atoms with Gasteiger partial charge in [-0.25, -0.2) is 0 Å². The van der Waals surface area contributed by atoms with Crippen LogP contribution in [-0.4, -0.2) is 78.7 Å². The van der Waals surface area contributed by atoms with Crippen molar-refractivity contribution in [2.45, 2.75) is 31.8 Å². The first-order valence-electron chi connectivity index (χ1n) is 10.8. The largest absolute Gasteiger partial charge is 0.507 e. The number of ether oxygens (including phenoxy) is 1. The summed E-state index contributed by atoms with van der Waals surface area (Å²) in [4.78, 5) is 29.1. The molecule has 2 amide bonds. The van der Waals surface area contributed by atoms with Crippen molar-refractivity contribution in [1.29, 1.82) is 0 Å². The highest BCUT2D eigenvalue weighted by molar-refractivity contribution is 5.96. The molecule has 0 bridgehead atoms. The highest BCUT2D eigenvalue weighted by Gasteiger charge is 2.31. The first kappa shape index (κ1) is 20.2. The molecular formula is C22H31N3O4. The lowest BCUT2D eigenvalue weighted by Crippen LogP contribution is -2.52. The van der Waals surface area contributed by atoms with Crippen molar-refractivity contribution in [2.75, 3.05) is 45.9 Å². The highest BCUT2D eigenvalue weighted by atomic mass is 16.5. The van der Waals surface area contributed by atoms with Gasteiger partial charge in [0.1, 0.15) is 12.4 Å². The lowest BCUT2D eigenvalue weighted by Gasteiger charge is -2.38. The van der Waals surface area contributed by atoms with Gasteiger partial charge in [0.05, 0.1) is 11.7 Å².